The molecule has 2 rings (SSSR count). The zero-order valence-electron chi connectivity index (χ0n) is 9.74. The van der Waals surface area contributed by atoms with Crippen molar-refractivity contribution in [1.29, 1.82) is 0 Å². The summed E-state index contributed by atoms with van der Waals surface area (Å²) in [5, 5.41) is 0. The molecule has 3 heteroatoms. The van der Waals surface area contributed by atoms with Gasteiger partial charge >= 0.3 is 0 Å². The topological polar surface area (TPSA) is 44.5 Å². The lowest BCUT2D eigenvalue weighted by atomic mass is 10.1. The van der Waals surface area contributed by atoms with Crippen LogP contribution in [0.3, 0.4) is 0 Å². The lowest BCUT2D eigenvalue weighted by Crippen LogP contribution is -2.05. The van der Waals surface area contributed by atoms with Crippen LogP contribution >= 0.6 is 0 Å². The van der Waals surface area contributed by atoms with E-state index in [1.807, 2.05) is 6.07 Å². The van der Waals surface area contributed by atoms with Crippen LogP contribution in [0.4, 0.5) is 0 Å². The SMILES string of the molecule is COCCCOc1ccc2c(c1)CCC2N. The molecule has 0 saturated carbocycles. The van der Waals surface area contributed by atoms with Crippen LogP contribution in [0.15, 0.2) is 18.2 Å². The highest BCUT2D eigenvalue weighted by Gasteiger charge is 2.18. The first-order valence-corrected chi connectivity index (χ1v) is 5.81. The molecule has 2 N–H and O–H groups in total. The first-order chi connectivity index (χ1) is 7.81. The number of hydrogen-bond acceptors (Lipinski definition) is 3. The van der Waals surface area contributed by atoms with Crippen LogP contribution in [0.1, 0.15) is 30.0 Å². The number of aryl methyl sites for hydroxylation is 1. The molecule has 0 saturated heterocycles. The highest BCUT2D eigenvalue weighted by atomic mass is 16.5. The van der Waals surface area contributed by atoms with Gasteiger partial charge in [0.1, 0.15) is 5.75 Å². The first kappa shape index (κ1) is 11.4. The smallest absolute Gasteiger partial charge is 0.119 e. The summed E-state index contributed by atoms with van der Waals surface area (Å²) < 4.78 is 10.6. The summed E-state index contributed by atoms with van der Waals surface area (Å²) in [6.45, 7) is 1.45. The maximum Gasteiger partial charge on any atom is 0.119 e. The molecule has 1 aliphatic rings. The molecule has 16 heavy (non-hydrogen) atoms. The average molecular weight is 221 g/mol. The summed E-state index contributed by atoms with van der Waals surface area (Å²) in [7, 11) is 1.71. The lowest BCUT2D eigenvalue weighted by molar-refractivity contribution is 0.172. The number of rotatable bonds is 5. The van der Waals surface area contributed by atoms with Crippen LogP contribution in [-0.2, 0) is 11.2 Å². The number of benzene rings is 1. The van der Waals surface area contributed by atoms with Gasteiger partial charge in [-0.05, 0) is 36.1 Å². The van der Waals surface area contributed by atoms with Crippen molar-refractivity contribution >= 4 is 0 Å². The monoisotopic (exact) mass is 221 g/mol. The standard InChI is InChI=1S/C13H19NO2/c1-15-7-2-8-16-11-4-5-12-10(9-11)3-6-13(12)14/h4-5,9,13H,2-3,6-8,14H2,1H3. The molecule has 1 atom stereocenters. The van der Waals surface area contributed by atoms with E-state index < -0.39 is 0 Å². The van der Waals surface area contributed by atoms with Gasteiger partial charge in [0.05, 0.1) is 6.61 Å². The summed E-state index contributed by atoms with van der Waals surface area (Å²) in [6, 6.07) is 6.45. The predicted octanol–water partition coefficient (Wildman–Crippen LogP) is 2.05. The molecule has 88 valence electrons. The van der Waals surface area contributed by atoms with Crippen LogP contribution in [0, 0.1) is 0 Å². The molecular formula is C13H19NO2. The number of methoxy groups -OCH3 is 1. The van der Waals surface area contributed by atoms with E-state index in [0.29, 0.717) is 6.61 Å². The van der Waals surface area contributed by atoms with E-state index in [1.165, 1.54) is 11.1 Å². The van der Waals surface area contributed by atoms with Gasteiger partial charge in [-0.25, -0.2) is 0 Å². The highest BCUT2D eigenvalue weighted by Crippen LogP contribution is 2.31. The van der Waals surface area contributed by atoms with Gasteiger partial charge in [-0.1, -0.05) is 6.07 Å². The van der Waals surface area contributed by atoms with E-state index in [4.69, 9.17) is 15.2 Å². The minimum atomic E-state index is 0.220. The Hall–Kier alpha value is -1.06. The second-order valence-electron chi connectivity index (χ2n) is 4.20. The molecule has 0 spiro atoms. The van der Waals surface area contributed by atoms with Gasteiger partial charge in [-0.2, -0.15) is 0 Å². The largest absolute Gasteiger partial charge is 0.493 e. The molecule has 0 radical (unpaired) electrons. The highest BCUT2D eigenvalue weighted by molar-refractivity contribution is 5.40. The van der Waals surface area contributed by atoms with Crippen LogP contribution in [0.25, 0.3) is 0 Å². The number of nitrogens with two attached hydrogens (primary N) is 1. The second kappa shape index (κ2) is 5.32. The zero-order valence-corrected chi connectivity index (χ0v) is 9.74. The summed E-state index contributed by atoms with van der Waals surface area (Å²) in [5.41, 5.74) is 8.60. The molecule has 1 aromatic rings. The van der Waals surface area contributed by atoms with Crippen molar-refractivity contribution in [3.63, 3.8) is 0 Å². The molecule has 0 fully saturated rings. The third-order valence-corrected chi connectivity index (χ3v) is 3.00. The summed E-state index contributed by atoms with van der Waals surface area (Å²) in [4.78, 5) is 0. The van der Waals surface area contributed by atoms with Crippen LogP contribution in [0.2, 0.25) is 0 Å². The van der Waals surface area contributed by atoms with Crippen molar-refractivity contribution in [2.45, 2.75) is 25.3 Å². The van der Waals surface area contributed by atoms with Gasteiger partial charge in [-0.15, -0.1) is 0 Å². The molecule has 1 aromatic carbocycles. The Morgan fingerprint density at radius 1 is 1.38 bits per heavy atom. The fraction of sp³-hybridized carbons (Fsp3) is 0.538. The maximum absolute atomic E-state index is 5.98. The molecule has 0 heterocycles. The van der Waals surface area contributed by atoms with Gasteiger partial charge in [-0.3, -0.25) is 0 Å². The Morgan fingerprint density at radius 3 is 3.06 bits per heavy atom. The van der Waals surface area contributed by atoms with E-state index >= 15 is 0 Å². The van der Waals surface area contributed by atoms with Crippen molar-refractivity contribution in [3.8, 4) is 5.75 Å². The molecule has 3 nitrogen and oxygen atoms in total. The van der Waals surface area contributed by atoms with E-state index in [-0.39, 0.29) is 6.04 Å². The normalized spacial score (nSPS) is 18.5. The van der Waals surface area contributed by atoms with Crippen LogP contribution in [-0.4, -0.2) is 20.3 Å². The quantitative estimate of drug-likeness (QED) is 0.774. The third kappa shape index (κ3) is 2.54. The molecular weight excluding hydrogens is 202 g/mol. The Labute approximate surface area is 96.5 Å². The fourth-order valence-electron chi connectivity index (χ4n) is 2.11. The Bertz CT molecular complexity index is 352. The van der Waals surface area contributed by atoms with E-state index in [2.05, 4.69) is 12.1 Å². The van der Waals surface area contributed by atoms with E-state index in [9.17, 15) is 0 Å². The van der Waals surface area contributed by atoms with Gasteiger partial charge in [0, 0.05) is 26.2 Å². The van der Waals surface area contributed by atoms with Gasteiger partial charge in [0.15, 0.2) is 0 Å². The average Bonchev–Trinajstić information content (AvgIpc) is 2.66. The lowest BCUT2D eigenvalue weighted by Gasteiger charge is -2.09. The second-order valence-corrected chi connectivity index (χ2v) is 4.20. The molecule has 1 aliphatic carbocycles. The van der Waals surface area contributed by atoms with E-state index in [1.54, 1.807) is 7.11 Å². The third-order valence-electron chi connectivity index (χ3n) is 3.00. The van der Waals surface area contributed by atoms with Crippen molar-refractivity contribution in [3.05, 3.63) is 29.3 Å². The van der Waals surface area contributed by atoms with Crippen molar-refractivity contribution in [2.24, 2.45) is 5.73 Å². The number of ether oxygens (including phenoxy) is 2. The minimum Gasteiger partial charge on any atom is -0.493 e. The molecule has 0 aromatic heterocycles. The van der Waals surface area contributed by atoms with Gasteiger partial charge in [0.2, 0.25) is 0 Å². The molecule has 0 bridgehead atoms. The molecule has 0 amide bonds. The van der Waals surface area contributed by atoms with Crippen LogP contribution in [0.5, 0.6) is 5.75 Å². The van der Waals surface area contributed by atoms with Crippen molar-refractivity contribution < 1.29 is 9.47 Å². The predicted molar refractivity (Wildman–Crippen MR) is 63.7 cm³/mol. The van der Waals surface area contributed by atoms with Gasteiger partial charge < -0.3 is 15.2 Å². The van der Waals surface area contributed by atoms with Gasteiger partial charge in [0.25, 0.3) is 0 Å². The number of fused-ring (bicyclic) bond motifs is 1. The Kier molecular flexibility index (Phi) is 3.80. The van der Waals surface area contributed by atoms with Crippen molar-refractivity contribution in [2.75, 3.05) is 20.3 Å². The minimum absolute atomic E-state index is 0.220. The summed E-state index contributed by atoms with van der Waals surface area (Å²) in [6.07, 6.45) is 3.06. The summed E-state index contributed by atoms with van der Waals surface area (Å²) >= 11 is 0. The van der Waals surface area contributed by atoms with Crippen molar-refractivity contribution in [1.82, 2.24) is 0 Å². The van der Waals surface area contributed by atoms with E-state index in [0.717, 1.165) is 31.6 Å². The first-order valence-electron chi connectivity index (χ1n) is 5.81. The Morgan fingerprint density at radius 2 is 2.25 bits per heavy atom. The molecule has 0 aliphatic heterocycles. The zero-order chi connectivity index (χ0) is 11.4. The maximum atomic E-state index is 5.98. The molecule has 1 unspecified atom stereocenters. The fourth-order valence-corrected chi connectivity index (χ4v) is 2.11. The van der Waals surface area contributed by atoms with Crippen LogP contribution < -0.4 is 10.5 Å². The Balaban J connectivity index is 1.92. The summed E-state index contributed by atoms with van der Waals surface area (Å²) in [5.74, 6) is 0.948. The number of hydrogen-bond donors (Lipinski definition) is 1.